The van der Waals surface area contributed by atoms with Crippen molar-refractivity contribution in [3.05, 3.63) is 323 Å². The molecule has 28 heteroatoms. The summed E-state index contributed by atoms with van der Waals surface area (Å²) < 4.78 is 32.8. The minimum absolute atomic E-state index is 0.637. The Kier molecular flexibility index (Phi) is 29.9. The van der Waals surface area contributed by atoms with E-state index in [1.54, 1.807) is 57.7 Å². The van der Waals surface area contributed by atoms with E-state index in [1.165, 1.54) is 107 Å². The molecule has 0 saturated carbocycles. The standard InChI is InChI=1S/C8H7N.2C7H6N2.2C7H5NO.2C7H5NS.2C6H5N3.C6H4N2S.C5H4N4.C5H11N.C4H8O/c1-2-4-8-7(3-1)5-6-9-8;1-2-4-7-6(3-1)8-5-9-7;1-2-4-7-6(3-1)5-8-9-7;1-2-4-7-6(3-1)8-5-9-7;1-2-4-7-6(3-1)5-8-9-7;1-2-4-7-6(3-1)8-5-9-7;1-2-4-7-6(3-1)5-8-9-7;1-3-7-6-2-4-8-9(6)5-1;2*1-2-4-6-5(3-1)7-9-8-6;1-2-6-5-7-4-8-9(5)3-1;1-2-4-6-5-3-1;1-2-4-5-3-1/h1-6,9H;2*1-5H,(H,8,9);5*1-5H;1-4H,(H,7,8,9);2*1-4H;6H,1-5H2;1-4H2. The normalized spacial score (nSPS) is 11.6. The van der Waals surface area contributed by atoms with Crippen LogP contribution >= 0.6 is 34.6 Å². The van der Waals surface area contributed by atoms with Gasteiger partial charge in [0.15, 0.2) is 23.2 Å². The summed E-state index contributed by atoms with van der Waals surface area (Å²) in [5.41, 5.74) is 14.7. The van der Waals surface area contributed by atoms with E-state index in [1.807, 2.05) is 237 Å². The van der Waals surface area contributed by atoms with Crippen LogP contribution in [0, 0.1) is 0 Å². The fraction of sp³-hybridized carbons (Fsp3) is 0.110. The Morgan fingerprint density at radius 1 is 0.418 bits per heavy atom. The Hall–Kier alpha value is -13.5. The average Bonchev–Trinajstić information content (AvgIpc) is 2.01. The number of imidazole rings is 1. The van der Waals surface area contributed by atoms with Crippen LogP contribution in [0.15, 0.2) is 332 Å². The van der Waals surface area contributed by atoms with Gasteiger partial charge in [-0.3, -0.25) is 5.10 Å². The molecule has 0 atom stereocenters. The Morgan fingerprint density at radius 3 is 1.70 bits per heavy atom. The smallest absolute Gasteiger partial charge is 0.252 e. The number of H-pyrrole nitrogens is 4. The number of aromatic nitrogens is 21. The first-order valence-electron chi connectivity index (χ1n) is 35.1. The molecular formula is C82H76N22O3S3. The molecule has 2 aliphatic heterocycles. The Labute approximate surface area is 642 Å². The summed E-state index contributed by atoms with van der Waals surface area (Å²) in [4.78, 5) is 30.1. The first-order valence-corrected chi connectivity index (χ1v) is 37.5. The van der Waals surface area contributed by atoms with Crippen molar-refractivity contribution in [2.24, 2.45) is 0 Å². The minimum Gasteiger partial charge on any atom is -0.443 e. The quantitative estimate of drug-likeness (QED) is 0.0942. The summed E-state index contributed by atoms with van der Waals surface area (Å²) in [5, 5.41) is 36.5. The zero-order chi connectivity index (χ0) is 74.9. The van der Waals surface area contributed by atoms with Crippen LogP contribution in [-0.4, -0.2) is 129 Å². The summed E-state index contributed by atoms with van der Waals surface area (Å²) in [6.45, 7) is 4.50. The minimum atomic E-state index is 0.637. The van der Waals surface area contributed by atoms with Crippen molar-refractivity contribution in [3.63, 3.8) is 0 Å². The summed E-state index contributed by atoms with van der Waals surface area (Å²) >= 11 is 4.47. The third-order valence-electron chi connectivity index (χ3n) is 15.8. The van der Waals surface area contributed by atoms with Crippen LogP contribution in [0.2, 0.25) is 0 Å². The SMILES string of the molecule is C1CCNCC1.C1CCOC1.c1ccc2[nH]ccc2c1.c1ccc2[nH]cnc2c1.c1ccc2[nH]ncc2c1.c1ccc2n[nH]nc2c1.c1ccc2nsnc2c1.c1ccc2ocnc2c1.c1ccc2oncc2c1.c1ccc2scnc2c1.c1ccc2sncc2c1.c1cnc2ccnn2c1.c1cnc2ncnn2c1. The van der Waals surface area contributed by atoms with E-state index in [2.05, 4.69) is 136 Å². The van der Waals surface area contributed by atoms with Crippen molar-refractivity contribution in [1.82, 2.24) is 108 Å². The lowest BCUT2D eigenvalue weighted by Gasteiger charge is -2.08. The number of fused-ring (bicyclic) bond motifs is 11. The molecule has 5 N–H and O–H groups in total. The molecule has 2 aliphatic rings. The molecule has 2 fully saturated rings. The van der Waals surface area contributed by atoms with Gasteiger partial charge in [0.1, 0.15) is 33.9 Å². The van der Waals surface area contributed by atoms with E-state index < -0.39 is 0 Å². The molecule has 0 spiro atoms. The van der Waals surface area contributed by atoms with E-state index in [0.717, 1.165) is 90.4 Å². The number of para-hydroxylation sites is 10. The van der Waals surface area contributed by atoms with Gasteiger partial charge >= 0.3 is 0 Å². The highest BCUT2D eigenvalue weighted by Gasteiger charge is 1.99. The molecule has 24 rings (SSSR count). The number of ether oxygens (including phenoxy) is 1. The molecule has 0 aliphatic carbocycles. The molecule has 22 aromatic rings. The molecule has 13 aromatic heterocycles. The number of thiazole rings is 1. The van der Waals surface area contributed by atoms with Crippen molar-refractivity contribution < 1.29 is 13.7 Å². The van der Waals surface area contributed by atoms with E-state index >= 15 is 0 Å². The molecule has 0 unspecified atom stereocenters. The van der Waals surface area contributed by atoms with Crippen LogP contribution in [0.1, 0.15) is 32.1 Å². The predicted octanol–water partition coefficient (Wildman–Crippen LogP) is 18.6. The number of aromatic amines is 4. The van der Waals surface area contributed by atoms with Gasteiger partial charge in [-0.15, -0.1) is 11.3 Å². The lowest BCUT2D eigenvalue weighted by Crippen LogP contribution is -2.21. The first-order chi connectivity index (χ1) is 54.6. The monoisotopic (exact) mass is 1510 g/mol. The number of benzene rings is 9. The number of hydrogen-bond acceptors (Lipinski definition) is 22. The molecule has 2 saturated heterocycles. The second kappa shape index (κ2) is 43.2. The average molecular weight is 1510 g/mol. The number of hydrogen-bond donors (Lipinski definition) is 5. The molecule has 110 heavy (non-hydrogen) atoms. The molecule has 9 aromatic carbocycles. The van der Waals surface area contributed by atoms with Crippen LogP contribution in [0.4, 0.5) is 0 Å². The van der Waals surface area contributed by atoms with Crippen molar-refractivity contribution in [3.8, 4) is 0 Å². The van der Waals surface area contributed by atoms with E-state index in [0.29, 0.717) is 5.78 Å². The van der Waals surface area contributed by atoms with E-state index in [9.17, 15) is 0 Å². The van der Waals surface area contributed by atoms with Gasteiger partial charge in [-0.05, 0) is 165 Å². The molecule has 0 radical (unpaired) electrons. The Balaban J connectivity index is 0.000000111. The van der Waals surface area contributed by atoms with Gasteiger partial charge in [-0.25, -0.2) is 34.0 Å². The molecule has 15 heterocycles. The van der Waals surface area contributed by atoms with Crippen molar-refractivity contribution in [2.75, 3.05) is 26.3 Å². The highest BCUT2D eigenvalue weighted by atomic mass is 32.1. The van der Waals surface area contributed by atoms with Crippen molar-refractivity contribution in [2.45, 2.75) is 32.1 Å². The summed E-state index contributed by atoms with van der Waals surface area (Å²) in [6, 6.07) is 79.0. The maximum atomic E-state index is 5.01. The number of piperidine rings is 1. The maximum absolute atomic E-state index is 5.01. The van der Waals surface area contributed by atoms with E-state index in [-0.39, 0.29) is 0 Å². The van der Waals surface area contributed by atoms with Gasteiger partial charge in [0.25, 0.3) is 5.78 Å². The largest absolute Gasteiger partial charge is 0.443 e. The highest BCUT2D eigenvalue weighted by Crippen LogP contribution is 2.18. The van der Waals surface area contributed by atoms with Gasteiger partial charge in [-0.1, -0.05) is 139 Å². The van der Waals surface area contributed by atoms with Crippen molar-refractivity contribution in [1.29, 1.82) is 0 Å². The summed E-state index contributed by atoms with van der Waals surface area (Å²) in [5.74, 6) is 0.637. The molecular weight excluding hydrogens is 1440 g/mol. The zero-order valence-electron chi connectivity index (χ0n) is 59.5. The van der Waals surface area contributed by atoms with Crippen LogP contribution in [-0.2, 0) is 4.74 Å². The fourth-order valence-corrected chi connectivity index (χ4v) is 12.1. The second-order valence-corrected chi connectivity index (χ2v) is 25.6. The lowest BCUT2D eigenvalue weighted by atomic mass is 10.2. The lowest BCUT2D eigenvalue weighted by molar-refractivity contribution is 0.198. The van der Waals surface area contributed by atoms with Gasteiger partial charge in [0.05, 0.1) is 73.6 Å². The third-order valence-corrected chi connectivity index (χ3v) is 17.9. The van der Waals surface area contributed by atoms with E-state index in [4.69, 9.17) is 13.7 Å². The Morgan fingerprint density at radius 2 is 1.05 bits per heavy atom. The first kappa shape index (κ1) is 76.1. The predicted molar refractivity (Wildman–Crippen MR) is 440 cm³/mol. The molecule has 0 amide bonds. The number of rotatable bonds is 0. The Bertz CT molecular complexity index is 4580. The summed E-state index contributed by atoms with van der Waals surface area (Å²) in [7, 11) is 0. The fourth-order valence-electron chi connectivity index (χ4n) is 10.2. The van der Waals surface area contributed by atoms with Gasteiger partial charge < -0.3 is 29.0 Å². The van der Waals surface area contributed by atoms with Crippen LogP contribution in [0.5, 0.6) is 0 Å². The third kappa shape index (κ3) is 24.3. The maximum Gasteiger partial charge on any atom is 0.252 e. The van der Waals surface area contributed by atoms with Crippen LogP contribution in [0.25, 0.3) is 109 Å². The molecule has 0 bridgehead atoms. The van der Waals surface area contributed by atoms with Crippen molar-refractivity contribution >= 4 is 143 Å². The number of oxazole rings is 1. The highest BCUT2D eigenvalue weighted by molar-refractivity contribution is 7.16. The molecule has 550 valence electrons. The van der Waals surface area contributed by atoms with Gasteiger partial charge in [0.2, 0.25) is 0 Å². The second-order valence-electron chi connectivity index (χ2n) is 23.4. The summed E-state index contributed by atoms with van der Waals surface area (Å²) in [6.07, 6.45) is 27.6. The number of nitrogens with one attached hydrogen (secondary N) is 5. The number of nitrogens with zero attached hydrogens (tertiary/aromatic N) is 17. The van der Waals surface area contributed by atoms with Gasteiger partial charge in [0, 0.05) is 78.1 Å². The van der Waals surface area contributed by atoms with Crippen LogP contribution in [0.3, 0.4) is 0 Å². The zero-order valence-corrected chi connectivity index (χ0v) is 62.0. The van der Waals surface area contributed by atoms with Crippen LogP contribution < -0.4 is 5.32 Å². The van der Waals surface area contributed by atoms with Gasteiger partial charge in [-0.2, -0.15) is 48.8 Å². The topological polar surface area (TPSA) is 313 Å². The molecule has 25 nitrogen and oxygen atoms in total.